The fraction of sp³-hybridized carbons (Fsp3) is 0.217. The molecule has 0 fully saturated rings. The van der Waals surface area contributed by atoms with Gasteiger partial charge in [-0.15, -0.1) is 11.3 Å². The maximum Gasteiger partial charge on any atom is 0.262 e. The van der Waals surface area contributed by atoms with Crippen LogP contribution < -0.4 is 10.3 Å². The third-order valence-corrected chi connectivity index (χ3v) is 6.85. The molecule has 0 saturated heterocycles. The number of ether oxygens (including phenoxy) is 1. The molecule has 30 heavy (non-hydrogen) atoms. The lowest BCUT2D eigenvalue weighted by Gasteiger charge is -2.09. The van der Waals surface area contributed by atoms with Crippen molar-refractivity contribution >= 4 is 49.1 Å². The lowest BCUT2D eigenvalue weighted by Crippen LogP contribution is -2.21. The molecule has 4 rings (SSSR count). The third kappa shape index (κ3) is 4.46. The summed E-state index contributed by atoms with van der Waals surface area (Å²) in [5.74, 6) is 0.767. The molecule has 154 valence electrons. The molecule has 0 radical (unpaired) electrons. The minimum absolute atomic E-state index is 0.000335. The van der Waals surface area contributed by atoms with E-state index in [1.807, 2.05) is 36.4 Å². The summed E-state index contributed by atoms with van der Waals surface area (Å²) in [5.41, 5.74) is 2.05. The monoisotopic (exact) mass is 502 g/mol. The summed E-state index contributed by atoms with van der Waals surface area (Å²) < 4.78 is 8.44. The Labute approximate surface area is 192 Å². The summed E-state index contributed by atoms with van der Waals surface area (Å²) in [6, 6.07) is 15.4. The van der Waals surface area contributed by atoms with E-state index in [0.717, 1.165) is 32.6 Å². The zero-order valence-electron chi connectivity index (χ0n) is 16.4. The van der Waals surface area contributed by atoms with Gasteiger partial charge >= 0.3 is 0 Å². The largest absolute Gasteiger partial charge is 0.494 e. The smallest absolute Gasteiger partial charge is 0.262 e. The molecule has 0 saturated carbocycles. The predicted octanol–water partition coefficient (Wildman–Crippen LogP) is 6.57. The van der Waals surface area contributed by atoms with Crippen LogP contribution in [0.4, 0.5) is 0 Å². The van der Waals surface area contributed by atoms with Gasteiger partial charge in [0.05, 0.1) is 18.3 Å². The molecule has 0 spiro atoms. The molecule has 2 aromatic carbocycles. The van der Waals surface area contributed by atoms with Crippen molar-refractivity contribution in [1.29, 1.82) is 0 Å². The normalized spacial score (nSPS) is 11.2. The number of benzene rings is 2. The molecule has 0 unspecified atom stereocenters. The van der Waals surface area contributed by atoms with E-state index >= 15 is 0 Å². The van der Waals surface area contributed by atoms with Crippen molar-refractivity contribution < 1.29 is 4.74 Å². The second-order valence-electron chi connectivity index (χ2n) is 6.84. The molecule has 0 N–H and O–H groups in total. The van der Waals surface area contributed by atoms with Gasteiger partial charge in [-0.2, -0.15) is 0 Å². The average Bonchev–Trinajstić information content (AvgIpc) is 3.14. The molecule has 0 bridgehead atoms. The Kier molecular flexibility index (Phi) is 6.56. The van der Waals surface area contributed by atoms with Crippen LogP contribution in [-0.2, 0) is 13.0 Å². The lowest BCUT2D eigenvalue weighted by molar-refractivity contribution is 0.301. The van der Waals surface area contributed by atoms with Crippen LogP contribution in [0.1, 0.15) is 18.2 Å². The second kappa shape index (κ2) is 9.33. The van der Waals surface area contributed by atoms with E-state index < -0.39 is 0 Å². The maximum atomic E-state index is 13.3. The molecule has 0 atom stereocenters. The Hall–Kier alpha value is -2.15. The van der Waals surface area contributed by atoms with Crippen molar-refractivity contribution in [3.05, 3.63) is 79.6 Å². The van der Waals surface area contributed by atoms with Crippen LogP contribution >= 0.6 is 38.9 Å². The van der Waals surface area contributed by atoms with Crippen LogP contribution in [0.3, 0.4) is 0 Å². The fourth-order valence-corrected chi connectivity index (χ4v) is 4.84. The molecule has 0 aliphatic carbocycles. The van der Waals surface area contributed by atoms with Gasteiger partial charge in [-0.3, -0.25) is 9.36 Å². The van der Waals surface area contributed by atoms with Crippen LogP contribution in [-0.4, -0.2) is 16.2 Å². The first kappa shape index (κ1) is 21.1. The van der Waals surface area contributed by atoms with E-state index in [0.29, 0.717) is 30.0 Å². The predicted molar refractivity (Wildman–Crippen MR) is 128 cm³/mol. The van der Waals surface area contributed by atoms with Gasteiger partial charge in [0.1, 0.15) is 10.6 Å². The van der Waals surface area contributed by atoms with Gasteiger partial charge in [-0.1, -0.05) is 46.6 Å². The first-order valence-electron chi connectivity index (χ1n) is 9.72. The molecular weight excluding hydrogens is 484 g/mol. The van der Waals surface area contributed by atoms with Crippen LogP contribution in [0.25, 0.3) is 21.3 Å². The first-order valence-corrected chi connectivity index (χ1v) is 11.7. The fourth-order valence-electron chi connectivity index (χ4n) is 3.36. The van der Waals surface area contributed by atoms with Gasteiger partial charge < -0.3 is 4.74 Å². The molecule has 7 heteroatoms. The molecule has 2 heterocycles. The zero-order chi connectivity index (χ0) is 21.1. The number of hydrogen-bond acceptors (Lipinski definition) is 4. The van der Waals surface area contributed by atoms with E-state index in [-0.39, 0.29) is 5.56 Å². The minimum Gasteiger partial charge on any atom is -0.494 e. The summed E-state index contributed by atoms with van der Waals surface area (Å²) in [6.45, 7) is 3.17. The first-order chi connectivity index (χ1) is 14.6. The lowest BCUT2D eigenvalue weighted by atomic mass is 10.0. The molecule has 2 aromatic heterocycles. The highest BCUT2D eigenvalue weighted by Crippen LogP contribution is 2.36. The van der Waals surface area contributed by atoms with Crippen molar-refractivity contribution in [1.82, 2.24) is 9.55 Å². The molecular formula is C23H20BrClN2O2S. The Morgan fingerprint density at radius 2 is 1.87 bits per heavy atom. The van der Waals surface area contributed by atoms with E-state index in [9.17, 15) is 4.79 Å². The maximum absolute atomic E-state index is 13.3. The van der Waals surface area contributed by atoms with E-state index in [2.05, 4.69) is 27.8 Å². The van der Waals surface area contributed by atoms with Crippen molar-refractivity contribution in [2.45, 2.75) is 26.3 Å². The standard InChI is InChI=1S/C23H20BrClN2O2S/c1-2-19-20(15-4-6-16(24)7-5-15)21-22(30-19)26-14-27(23(21)28)12-3-13-29-18-10-8-17(25)9-11-18/h4-11,14H,2-3,12-13H2,1H3. The van der Waals surface area contributed by atoms with Gasteiger partial charge in [0.15, 0.2) is 0 Å². The molecule has 4 nitrogen and oxygen atoms in total. The van der Waals surface area contributed by atoms with Gasteiger partial charge in [0.25, 0.3) is 5.56 Å². The number of aromatic nitrogens is 2. The average molecular weight is 504 g/mol. The number of nitrogens with zero attached hydrogens (tertiary/aromatic N) is 2. The van der Waals surface area contributed by atoms with Gasteiger partial charge in [0, 0.05) is 26.5 Å². The van der Waals surface area contributed by atoms with Gasteiger partial charge in [-0.25, -0.2) is 4.98 Å². The number of halogens is 2. The highest BCUT2D eigenvalue weighted by molar-refractivity contribution is 9.10. The van der Waals surface area contributed by atoms with E-state index in [4.69, 9.17) is 16.3 Å². The second-order valence-corrected chi connectivity index (χ2v) is 9.28. The Morgan fingerprint density at radius 3 is 2.57 bits per heavy atom. The number of thiophene rings is 1. The summed E-state index contributed by atoms with van der Waals surface area (Å²) in [6.07, 6.45) is 3.21. The van der Waals surface area contributed by atoms with Crippen LogP contribution in [0.5, 0.6) is 5.75 Å². The quantitative estimate of drug-likeness (QED) is 0.268. The van der Waals surface area contributed by atoms with Crippen molar-refractivity contribution in [3.63, 3.8) is 0 Å². The van der Waals surface area contributed by atoms with Gasteiger partial charge in [0.2, 0.25) is 0 Å². The number of fused-ring (bicyclic) bond motifs is 1. The summed E-state index contributed by atoms with van der Waals surface area (Å²) in [4.78, 5) is 19.8. The summed E-state index contributed by atoms with van der Waals surface area (Å²) in [7, 11) is 0. The van der Waals surface area contributed by atoms with Gasteiger partial charge in [-0.05, 0) is 54.8 Å². The Bertz CT molecular complexity index is 1220. The topological polar surface area (TPSA) is 44.1 Å². The number of aryl methyl sites for hydroxylation is 2. The van der Waals surface area contributed by atoms with E-state index in [1.54, 1.807) is 34.4 Å². The van der Waals surface area contributed by atoms with Crippen LogP contribution in [0.15, 0.2) is 64.1 Å². The molecule has 0 amide bonds. The number of rotatable bonds is 7. The van der Waals surface area contributed by atoms with Crippen molar-refractivity contribution in [3.8, 4) is 16.9 Å². The number of hydrogen-bond donors (Lipinski definition) is 0. The summed E-state index contributed by atoms with van der Waals surface area (Å²) >= 11 is 11.0. The minimum atomic E-state index is 0.000335. The molecule has 0 aliphatic heterocycles. The highest BCUT2D eigenvalue weighted by atomic mass is 79.9. The third-order valence-electron chi connectivity index (χ3n) is 4.83. The molecule has 4 aromatic rings. The highest BCUT2D eigenvalue weighted by Gasteiger charge is 2.18. The Balaban J connectivity index is 1.58. The molecule has 0 aliphatic rings. The van der Waals surface area contributed by atoms with E-state index in [1.165, 1.54) is 4.88 Å². The SMILES string of the molecule is CCc1sc2ncn(CCCOc3ccc(Cl)cc3)c(=O)c2c1-c1ccc(Br)cc1. The van der Waals surface area contributed by atoms with Crippen molar-refractivity contribution in [2.75, 3.05) is 6.61 Å². The van der Waals surface area contributed by atoms with Crippen LogP contribution in [0.2, 0.25) is 5.02 Å². The Morgan fingerprint density at radius 1 is 1.13 bits per heavy atom. The van der Waals surface area contributed by atoms with Crippen LogP contribution in [0, 0.1) is 0 Å². The van der Waals surface area contributed by atoms with Crippen molar-refractivity contribution in [2.24, 2.45) is 0 Å². The summed E-state index contributed by atoms with van der Waals surface area (Å²) in [5, 5.41) is 1.39. The zero-order valence-corrected chi connectivity index (χ0v) is 19.6.